The molecule has 0 heterocycles. The van der Waals surface area contributed by atoms with Crippen LogP contribution in [0.2, 0.25) is 0 Å². The monoisotopic (exact) mass is 194 g/mol. The average Bonchev–Trinajstić information content (AvgIpc) is 2.16. The van der Waals surface area contributed by atoms with E-state index in [1.807, 2.05) is 13.8 Å². The lowest BCUT2D eigenvalue weighted by atomic mass is 10.0. The Morgan fingerprint density at radius 2 is 2.00 bits per heavy atom. The highest BCUT2D eigenvalue weighted by molar-refractivity contribution is 5.80. The highest BCUT2D eigenvalue weighted by atomic mass is 19.1. The van der Waals surface area contributed by atoms with Gasteiger partial charge in [-0.3, -0.25) is 4.79 Å². The zero-order valence-corrected chi connectivity index (χ0v) is 8.59. The first kappa shape index (κ1) is 10.9. The van der Waals surface area contributed by atoms with Crippen LogP contribution >= 0.6 is 0 Å². The summed E-state index contributed by atoms with van der Waals surface area (Å²) >= 11 is 0. The predicted molar refractivity (Wildman–Crippen MR) is 54.6 cm³/mol. The van der Waals surface area contributed by atoms with E-state index >= 15 is 0 Å². The van der Waals surface area contributed by atoms with E-state index in [2.05, 4.69) is 0 Å². The van der Waals surface area contributed by atoms with E-state index in [0.29, 0.717) is 18.4 Å². The van der Waals surface area contributed by atoms with E-state index in [1.54, 1.807) is 18.2 Å². The number of halogens is 1. The summed E-state index contributed by atoms with van der Waals surface area (Å²) in [5.74, 6) is 0.0130. The second-order valence-electron chi connectivity index (χ2n) is 3.71. The second-order valence-corrected chi connectivity index (χ2v) is 3.71. The molecule has 76 valence electrons. The maximum atomic E-state index is 13.1. The molecule has 2 heteroatoms. The topological polar surface area (TPSA) is 17.1 Å². The molecule has 14 heavy (non-hydrogen) atoms. The summed E-state index contributed by atoms with van der Waals surface area (Å²) in [6.45, 7) is 3.73. The third-order valence-electron chi connectivity index (χ3n) is 2.24. The summed E-state index contributed by atoms with van der Waals surface area (Å²) in [4.78, 5) is 11.3. The van der Waals surface area contributed by atoms with Gasteiger partial charge in [0, 0.05) is 12.3 Å². The van der Waals surface area contributed by atoms with E-state index < -0.39 is 0 Å². The lowest BCUT2D eigenvalue weighted by Gasteiger charge is -2.04. The molecule has 0 spiro atoms. The van der Waals surface area contributed by atoms with Crippen molar-refractivity contribution in [3.05, 3.63) is 35.6 Å². The number of rotatable bonds is 4. The molecule has 0 unspecified atom stereocenters. The highest BCUT2D eigenvalue weighted by Gasteiger charge is 2.08. The van der Waals surface area contributed by atoms with E-state index in [4.69, 9.17) is 0 Å². The Morgan fingerprint density at radius 1 is 1.36 bits per heavy atom. The quantitative estimate of drug-likeness (QED) is 0.720. The number of hydrogen-bond donors (Lipinski definition) is 0. The minimum Gasteiger partial charge on any atom is -0.299 e. The molecule has 0 radical (unpaired) electrons. The Hall–Kier alpha value is -1.18. The van der Waals surface area contributed by atoms with Crippen LogP contribution in [0.4, 0.5) is 4.39 Å². The minimum absolute atomic E-state index is 0.0433. The normalized spacial score (nSPS) is 10.6. The molecule has 1 aromatic carbocycles. The summed E-state index contributed by atoms with van der Waals surface area (Å²) in [6.07, 6.45) is 0.933. The largest absolute Gasteiger partial charge is 0.299 e. The molecule has 0 aliphatic carbocycles. The van der Waals surface area contributed by atoms with Gasteiger partial charge >= 0.3 is 0 Å². The number of carbonyl (C=O) groups is 1. The van der Waals surface area contributed by atoms with E-state index in [0.717, 1.165) is 0 Å². The molecule has 0 aromatic heterocycles. The van der Waals surface area contributed by atoms with Crippen LogP contribution in [0.25, 0.3) is 0 Å². The van der Waals surface area contributed by atoms with Crippen LogP contribution in [-0.4, -0.2) is 5.78 Å². The Kier molecular flexibility index (Phi) is 3.81. The van der Waals surface area contributed by atoms with Crippen LogP contribution in [0, 0.1) is 11.7 Å². The van der Waals surface area contributed by atoms with Crippen molar-refractivity contribution < 1.29 is 9.18 Å². The lowest BCUT2D eigenvalue weighted by molar-refractivity contribution is -0.121. The van der Waals surface area contributed by atoms with Gasteiger partial charge in [-0.2, -0.15) is 0 Å². The van der Waals surface area contributed by atoms with Gasteiger partial charge in [-0.1, -0.05) is 32.0 Å². The average molecular weight is 194 g/mol. The molecule has 1 nitrogen and oxygen atoms in total. The number of carbonyl (C=O) groups excluding carboxylic acids is 1. The van der Waals surface area contributed by atoms with Crippen LogP contribution in [0.1, 0.15) is 25.8 Å². The van der Waals surface area contributed by atoms with Gasteiger partial charge in [0.15, 0.2) is 0 Å². The predicted octanol–water partition coefficient (Wildman–Crippen LogP) is 2.98. The fraction of sp³-hybridized carbons (Fsp3) is 0.417. The third-order valence-corrected chi connectivity index (χ3v) is 2.24. The molecule has 1 rings (SSSR count). The second kappa shape index (κ2) is 4.89. The molecule has 0 saturated carbocycles. The number of hydrogen-bond acceptors (Lipinski definition) is 1. The fourth-order valence-corrected chi connectivity index (χ4v) is 1.25. The molecule has 0 bridgehead atoms. The van der Waals surface area contributed by atoms with Crippen molar-refractivity contribution in [1.29, 1.82) is 0 Å². The number of Topliss-reactive ketones (excluding diaryl/α,β-unsaturated/α-hetero) is 1. The Balaban J connectivity index is 2.54. The summed E-state index contributed by atoms with van der Waals surface area (Å²) in [5, 5.41) is 0. The van der Waals surface area contributed by atoms with Gasteiger partial charge in [0.25, 0.3) is 0 Å². The molecular weight excluding hydrogens is 179 g/mol. The zero-order valence-electron chi connectivity index (χ0n) is 8.59. The molecule has 0 aliphatic rings. The van der Waals surface area contributed by atoms with E-state index in [-0.39, 0.29) is 17.5 Å². The standard InChI is InChI=1S/C12H15FO/c1-9(2)12(14)8-7-10-5-3-4-6-11(10)13/h3-6,9H,7-8H2,1-2H3. The smallest absolute Gasteiger partial charge is 0.135 e. The number of ketones is 1. The molecule has 0 fully saturated rings. The van der Waals surface area contributed by atoms with Gasteiger partial charge in [-0.15, -0.1) is 0 Å². The molecule has 1 aromatic rings. The van der Waals surface area contributed by atoms with Gasteiger partial charge in [-0.05, 0) is 18.1 Å². The van der Waals surface area contributed by atoms with E-state index in [1.165, 1.54) is 6.07 Å². The van der Waals surface area contributed by atoms with Crippen molar-refractivity contribution in [3.8, 4) is 0 Å². The maximum absolute atomic E-state index is 13.1. The Morgan fingerprint density at radius 3 is 2.57 bits per heavy atom. The van der Waals surface area contributed by atoms with Crippen LogP contribution < -0.4 is 0 Å². The first-order valence-electron chi connectivity index (χ1n) is 4.87. The summed E-state index contributed by atoms with van der Waals surface area (Å²) in [5.41, 5.74) is 0.626. The summed E-state index contributed by atoms with van der Waals surface area (Å²) in [7, 11) is 0. The van der Waals surface area contributed by atoms with Crippen molar-refractivity contribution in [2.75, 3.05) is 0 Å². The van der Waals surface area contributed by atoms with Crippen LogP contribution in [0.15, 0.2) is 24.3 Å². The summed E-state index contributed by atoms with van der Waals surface area (Å²) in [6, 6.07) is 6.60. The zero-order chi connectivity index (χ0) is 10.6. The first-order chi connectivity index (χ1) is 6.61. The van der Waals surface area contributed by atoms with Crippen molar-refractivity contribution in [2.45, 2.75) is 26.7 Å². The highest BCUT2D eigenvalue weighted by Crippen LogP contribution is 2.10. The van der Waals surface area contributed by atoms with Gasteiger partial charge in [-0.25, -0.2) is 4.39 Å². The molecule has 0 aliphatic heterocycles. The van der Waals surface area contributed by atoms with Gasteiger partial charge in [0.2, 0.25) is 0 Å². The van der Waals surface area contributed by atoms with Crippen LogP contribution in [0.3, 0.4) is 0 Å². The molecule has 0 atom stereocenters. The first-order valence-corrected chi connectivity index (χ1v) is 4.87. The van der Waals surface area contributed by atoms with Crippen molar-refractivity contribution in [2.24, 2.45) is 5.92 Å². The van der Waals surface area contributed by atoms with E-state index in [9.17, 15) is 9.18 Å². The molecule has 0 amide bonds. The molecule has 0 saturated heterocycles. The molecular formula is C12H15FO. The Labute approximate surface area is 83.9 Å². The van der Waals surface area contributed by atoms with Crippen molar-refractivity contribution in [1.82, 2.24) is 0 Å². The molecule has 0 N–H and O–H groups in total. The number of benzene rings is 1. The lowest BCUT2D eigenvalue weighted by Crippen LogP contribution is -2.08. The summed E-state index contributed by atoms with van der Waals surface area (Å²) < 4.78 is 13.1. The van der Waals surface area contributed by atoms with Gasteiger partial charge in [0.05, 0.1) is 0 Å². The number of aryl methyl sites for hydroxylation is 1. The van der Waals surface area contributed by atoms with Crippen molar-refractivity contribution in [3.63, 3.8) is 0 Å². The van der Waals surface area contributed by atoms with Crippen molar-refractivity contribution >= 4 is 5.78 Å². The van der Waals surface area contributed by atoms with Crippen LogP contribution in [-0.2, 0) is 11.2 Å². The van der Waals surface area contributed by atoms with Gasteiger partial charge in [0.1, 0.15) is 11.6 Å². The minimum atomic E-state index is -0.218. The third kappa shape index (κ3) is 2.95. The Bertz CT molecular complexity index is 318. The fourth-order valence-electron chi connectivity index (χ4n) is 1.25. The van der Waals surface area contributed by atoms with Crippen LogP contribution in [0.5, 0.6) is 0 Å². The van der Waals surface area contributed by atoms with Gasteiger partial charge < -0.3 is 0 Å². The SMILES string of the molecule is CC(C)C(=O)CCc1ccccc1F. The maximum Gasteiger partial charge on any atom is 0.135 e.